The first-order chi connectivity index (χ1) is 6.50. The van der Waals surface area contributed by atoms with Crippen molar-refractivity contribution in [2.45, 2.75) is 59.2 Å². The minimum absolute atomic E-state index is 0.619. The minimum atomic E-state index is 0.619. The van der Waals surface area contributed by atoms with E-state index in [2.05, 4.69) is 44.8 Å². The van der Waals surface area contributed by atoms with E-state index in [4.69, 9.17) is 0 Å². The van der Waals surface area contributed by atoms with Gasteiger partial charge >= 0.3 is 0 Å². The molecule has 2 unspecified atom stereocenters. The molecule has 1 N–H and O–H groups in total. The fourth-order valence-electron chi connectivity index (χ4n) is 2.32. The zero-order valence-corrected chi connectivity index (χ0v) is 10.4. The molecular weight excluding hydrogens is 172 g/mol. The first kappa shape index (κ1) is 12.0. The van der Waals surface area contributed by atoms with Gasteiger partial charge in [0.2, 0.25) is 0 Å². The molecule has 0 aromatic heterocycles. The second-order valence-electron chi connectivity index (χ2n) is 5.28. The van der Waals surface area contributed by atoms with Crippen LogP contribution < -0.4 is 5.32 Å². The van der Waals surface area contributed by atoms with Crippen molar-refractivity contribution in [3.05, 3.63) is 0 Å². The summed E-state index contributed by atoms with van der Waals surface area (Å²) < 4.78 is 0. The second kappa shape index (κ2) is 5.13. The van der Waals surface area contributed by atoms with Crippen LogP contribution in [-0.4, -0.2) is 36.1 Å². The van der Waals surface area contributed by atoms with Crippen molar-refractivity contribution in [2.75, 3.05) is 13.1 Å². The Labute approximate surface area is 89.1 Å². The summed E-state index contributed by atoms with van der Waals surface area (Å²) in [4.78, 5) is 2.59. The summed E-state index contributed by atoms with van der Waals surface area (Å²) in [5.41, 5.74) is 0. The highest BCUT2D eigenvalue weighted by molar-refractivity contribution is 4.84. The molecular formula is C12H26N2. The number of likely N-dealkylation sites (tertiary alicyclic amines) is 1. The van der Waals surface area contributed by atoms with Gasteiger partial charge < -0.3 is 10.2 Å². The van der Waals surface area contributed by atoms with Crippen molar-refractivity contribution in [1.82, 2.24) is 10.2 Å². The molecule has 0 spiro atoms. The molecule has 1 saturated heterocycles. The first-order valence-corrected chi connectivity index (χ1v) is 6.00. The van der Waals surface area contributed by atoms with E-state index >= 15 is 0 Å². The zero-order chi connectivity index (χ0) is 10.7. The molecule has 1 fully saturated rings. The van der Waals surface area contributed by atoms with Crippen molar-refractivity contribution in [3.63, 3.8) is 0 Å². The van der Waals surface area contributed by atoms with Gasteiger partial charge in [0.25, 0.3) is 0 Å². The maximum absolute atomic E-state index is 3.66. The second-order valence-corrected chi connectivity index (χ2v) is 5.28. The van der Waals surface area contributed by atoms with E-state index in [9.17, 15) is 0 Å². The molecule has 0 bridgehead atoms. The molecule has 0 amide bonds. The highest BCUT2D eigenvalue weighted by Gasteiger charge is 2.26. The Hall–Kier alpha value is -0.0800. The Bertz CT molecular complexity index is 166. The van der Waals surface area contributed by atoms with E-state index in [1.54, 1.807) is 0 Å². The number of piperidine rings is 1. The van der Waals surface area contributed by atoms with Gasteiger partial charge in [-0.2, -0.15) is 0 Å². The molecule has 1 aliphatic rings. The van der Waals surface area contributed by atoms with Gasteiger partial charge in [-0.3, -0.25) is 0 Å². The molecule has 2 nitrogen and oxygen atoms in total. The predicted octanol–water partition coefficient (Wildman–Crippen LogP) is 2.10. The lowest BCUT2D eigenvalue weighted by molar-refractivity contribution is 0.115. The Balaban J connectivity index is 2.39. The fourth-order valence-corrected chi connectivity index (χ4v) is 2.32. The third kappa shape index (κ3) is 3.25. The highest BCUT2D eigenvalue weighted by atomic mass is 15.2. The molecule has 1 rings (SSSR count). The third-order valence-corrected chi connectivity index (χ3v) is 3.21. The van der Waals surface area contributed by atoms with Gasteiger partial charge in [-0.15, -0.1) is 0 Å². The summed E-state index contributed by atoms with van der Waals surface area (Å²) in [6.07, 6.45) is 1.30. The largest absolute Gasteiger partial charge is 0.311 e. The molecule has 84 valence electrons. The Morgan fingerprint density at radius 1 is 1.21 bits per heavy atom. The van der Waals surface area contributed by atoms with E-state index in [0.717, 1.165) is 12.0 Å². The van der Waals surface area contributed by atoms with Crippen LogP contribution in [0.25, 0.3) is 0 Å². The molecule has 14 heavy (non-hydrogen) atoms. The van der Waals surface area contributed by atoms with Crippen LogP contribution in [-0.2, 0) is 0 Å². The number of nitrogens with one attached hydrogen (secondary N) is 1. The lowest BCUT2D eigenvalue weighted by Gasteiger charge is -2.40. The average Bonchev–Trinajstić information content (AvgIpc) is 2.07. The van der Waals surface area contributed by atoms with Gasteiger partial charge in [0.15, 0.2) is 0 Å². The van der Waals surface area contributed by atoms with Gasteiger partial charge in [0, 0.05) is 24.7 Å². The van der Waals surface area contributed by atoms with Gasteiger partial charge in [-0.25, -0.2) is 0 Å². The normalized spacial score (nSPS) is 30.2. The minimum Gasteiger partial charge on any atom is -0.311 e. The van der Waals surface area contributed by atoms with Crippen molar-refractivity contribution in [2.24, 2.45) is 5.92 Å². The van der Waals surface area contributed by atoms with Crippen LogP contribution in [0, 0.1) is 5.92 Å². The molecule has 0 aromatic rings. The van der Waals surface area contributed by atoms with Crippen molar-refractivity contribution in [3.8, 4) is 0 Å². The SMILES string of the molecule is CC(C)NC1CCN(C(C)C)CC1C. The average molecular weight is 198 g/mol. The fraction of sp³-hybridized carbons (Fsp3) is 1.00. The zero-order valence-electron chi connectivity index (χ0n) is 10.4. The van der Waals surface area contributed by atoms with E-state index in [1.807, 2.05) is 0 Å². The Morgan fingerprint density at radius 3 is 2.29 bits per heavy atom. The molecule has 2 heteroatoms. The molecule has 0 saturated carbocycles. The van der Waals surface area contributed by atoms with Crippen molar-refractivity contribution >= 4 is 0 Å². The molecule has 0 radical (unpaired) electrons. The molecule has 0 aromatic carbocycles. The lowest BCUT2D eigenvalue weighted by atomic mass is 9.92. The van der Waals surface area contributed by atoms with Crippen molar-refractivity contribution < 1.29 is 0 Å². The van der Waals surface area contributed by atoms with Crippen LogP contribution in [0.4, 0.5) is 0 Å². The van der Waals surface area contributed by atoms with Gasteiger partial charge in [0.05, 0.1) is 0 Å². The van der Waals surface area contributed by atoms with Crippen molar-refractivity contribution in [1.29, 1.82) is 0 Å². The summed E-state index contributed by atoms with van der Waals surface area (Å²) in [6, 6.07) is 2.05. The quantitative estimate of drug-likeness (QED) is 0.747. The van der Waals surface area contributed by atoms with E-state index < -0.39 is 0 Å². The monoisotopic (exact) mass is 198 g/mol. The molecule has 1 aliphatic heterocycles. The van der Waals surface area contributed by atoms with E-state index in [1.165, 1.54) is 19.5 Å². The summed E-state index contributed by atoms with van der Waals surface area (Å²) in [5.74, 6) is 0.786. The third-order valence-electron chi connectivity index (χ3n) is 3.21. The van der Waals surface area contributed by atoms with Crippen LogP contribution >= 0.6 is 0 Å². The van der Waals surface area contributed by atoms with E-state index in [-0.39, 0.29) is 0 Å². The summed E-state index contributed by atoms with van der Waals surface area (Å²) in [6.45, 7) is 13.9. The van der Waals surface area contributed by atoms with Gasteiger partial charge in [0.1, 0.15) is 0 Å². The molecule has 1 heterocycles. The predicted molar refractivity (Wildman–Crippen MR) is 62.5 cm³/mol. The van der Waals surface area contributed by atoms with Crippen LogP contribution in [0.3, 0.4) is 0 Å². The van der Waals surface area contributed by atoms with E-state index in [0.29, 0.717) is 12.1 Å². The van der Waals surface area contributed by atoms with Crippen LogP contribution in [0.5, 0.6) is 0 Å². The smallest absolute Gasteiger partial charge is 0.0119 e. The Kier molecular flexibility index (Phi) is 4.39. The summed E-state index contributed by atoms with van der Waals surface area (Å²) >= 11 is 0. The summed E-state index contributed by atoms with van der Waals surface area (Å²) in [7, 11) is 0. The van der Waals surface area contributed by atoms with Gasteiger partial charge in [-0.1, -0.05) is 20.8 Å². The van der Waals surface area contributed by atoms with Crippen LogP contribution in [0.1, 0.15) is 41.0 Å². The standard InChI is InChI=1S/C12H26N2/c1-9(2)13-12-6-7-14(10(3)4)8-11(12)5/h9-13H,6-8H2,1-5H3. The van der Waals surface area contributed by atoms with Crippen LogP contribution in [0.15, 0.2) is 0 Å². The maximum atomic E-state index is 3.66. The lowest BCUT2D eigenvalue weighted by Crippen LogP contribution is -2.51. The highest BCUT2D eigenvalue weighted by Crippen LogP contribution is 2.18. The number of hydrogen-bond donors (Lipinski definition) is 1. The van der Waals surface area contributed by atoms with Crippen LogP contribution in [0.2, 0.25) is 0 Å². The molecule has 2 atom stereocenters. The number of rotatable bonds is 3. The first-order valence-electron chi connectivity index (χ1n) is 6.00. The Morgan fingerprint density at radius 2 is 1.86 bits per heavy atom. The molecule has 0 aliphatic carbocycles. The number of hydrogen-bond acceptors (Lipinski definition) is 2. The topological polar surface area (TPSA) is 15.3 Å². The van der Waals surface area contributed by atoms with Gasteiger partial charge in [-0.05, 0) is 32.7 Å². The maximum Gasteiger partial charge on any atom is 0.0119 e. The summed E-state index contributed by atoms with van der Waals surface area (Å²) in [5, 5.41) is 3.66. The number of nitrogens with zero attached hydrogens (tertiary/aromatic N) is 1.